The van der Waals surface area contributed by atoms with Crippen molar-refractivity contribution in [1.29, 1.82) is 0 Å². The van der Waals surface area contributed by atoms with Gasteiger partial charge in [-0.15, -0.1) is 0 Å². The first-order chi connectivity index (χ1) is 36.1. The summed E-state index contributed by atoms with van der Waals surface area (Å²) >= 11 is 0. The second-order valence-electron chi connectivity index (χ2n) is 21.9. The molecule has 0 saturated carbocycles. The second-order valence-corrected chi connectivity index (χ2v) is 21.9. The molecule has 2 aliphatic rings. The maximum atomic E-state index is 13.1. The molecule has 11 unspecified atom stereocenters. The van der Waals surface area contributed by atoms with E-state index in [4.69, 9.17) is 28.4 Å². The van der Waals surface area contributed by atoms with Gasteiger partial charge >= 0.3 is 5.97 Å². The predicted molar refractivity (Wildman–Crippen MR) is 294 cm³/mol. The summed E-state index contributed by atoms with van der Waals surface area (Å²) < 4.78 is 34.4. The predicted octanol–water partition coefficient (Wildman–Crippen LogP) is 11.4. The van der Waals surface area contributed by atoms with Crippen LogP contribution >= 0.6 is 0 Å². The Balaban J connectivity index is 1.66. The van der Waals surface area contributed by atoms with Gasteiger partial charge in [0.25, 0.3) is 0 Å². The van der Waals surface area contributed by atoms with Gasteiger partial charge in [0.05, 0.1) is 26.4 Å². The molecule has 0 aromatic heterocycles. The van der Waals surface area contributed by atoms with E-state index in [-0.39, 0.29) is 25.6 Å². The molecular weight excluding hydrogens is 945 g/mol. The Hall–Kier alpha value is -1.27. The quantitative estimate of drug-likeness (QED) is 0.0172. The number of esters is 1. The van der Waals surface area contributed by atoms with Crippen LogP contribution in [0.3, 0.4) is 0 Å². The Labute approximate surface area is 450 Å². The zero-order chi connectivity index (χ0) is 53.7. The SMILES string of the molecule is CCCCCCC/C=C\CCCCCCCCOCC(COC1OC(COC2OC(CO)C(O)C(O)C2O)C(O)C(O)C1O)OC(=O)CCCCCCCCCCCCCCCCCCCCCCCCCCC. The highest BCUT2D eigenvalue weighted by atomic mass is 16.7. The summed E-state index contributed by atoms with van der Waals surface area (Å²) in [7, 11) is 0. The molecule has 2 aliphatic heterocycles. The molecule has 2 heterocycles. The van der Waals surface area contributed by atoms with Crippen molar-refractivity contribution in [2.45, 2.75) is 332 Å². The van der Waals surface area contributed by atoms with Crippen LogP contribution in [0.15, 0.2) is 12.2 Å². The number of carbonyl (C=O) groups excluding carboxylic acids is 1. The van der Waals surface area contributed by atoms with Crippen molar-refractivity contribution in [3.63, 3.8) is 0 Å². The molecule has 0 bridgehead atoms. The van der Waals surface area contributed by atoms with E-state index in [1.54, 1.807) is 0 Å². The first kappa shape index (κ1) is 68.8. The molecule has 11 atom stereocenters. The van der Waals surface area contributed by atoms with Crippen LogP contribution in [0, 0.1) is 0 Å². The number of hydrogen-bond donors (Lipinski definition) is 7. The van der Waals surface area contributed by atoms with E-state index in [0.29, 0.717) is 13.0 Å². The number of ether oxygens (including phenoxy) is 6. The highest BCUT2D eigenvalue weighted by Gasteiger charge is 2.47. The van der Waals surface area contributed by atoms with Crippen molar-refractivity contribution in [2.75, 3.05) is 33.0 Å². The highest BCUT2D eigenvalue weighted by molar-refractivity contribution is 5.69. The van der Waals surface area contributed by atoms with Gasteiger partial charge in [0.15, 0.2) is 12.6 Å². The van der Waals surface area contributed by atoms with Gasteiger partial charge in [0.2, 0.25) is 0 Å². The van der Waals surface area contributed by atoms with E-state index in [9.17, 15) is 40.5 Å². The number of aliphatic hydroxyl groups excluding tert-OH is 7. The van der Waals surface area contributed by atoms with Gasteiger partial charge < -0.3 is 64.2 Å². The van der Waals surface area contributed by atoms with Crippen LogP contribution in [0.1, 0.15) is 264 Å². The van der Waals surface area contributed by atoms with E-state index in [1.807, 2.05) is 0 Å². The summed E-state index contributed by atoms with van der Waals surface area (Å²) in [4.78, 5) is 13.1. The van der Waals surface area contributed by atoms with Gasteiger partial charge in [-0.25, -0.2) is 0 Å². The number of rotatable bonds is 51. The van der Waals surface area contributed by atoms with Gasteiger partial charge in [0, 0.05) is 13.0 Å². The van der Waals surface area contributed by atoms with Gasteiger partial charge in [0.1, 0.15) is 54.9 Å². The Kier molecular flexibility index (Phi) is 44.4. The van der Waals surface area contributed by atoms with Gasteiger partial charge in [-0.05, 0) is 38.5 Å². The molecule has 0 amide bonds. The van der Waals surface area contributed by atoms with Gasteiger partial charge in [-0.2, -0.15) is 0 Å². The third-order valence-electron chi connectivity index (χ3n) is 15.0. The summed E-state index contributed by atoms with van der Waals surface area (Å²) in [6.07, 6.45) is 37.1. The fourth-order valence-electron chi connectivity index (χ4n) is 10.0. The fraction of sp³-hybridized carbons (Fsp3) is 0.950. The number of allylic oxidation sites excluding steroid dienone is 2. The van der Waals surface area contributed by atoms with E-state index in [2.05, 4.69) is 26.0 Å². The van der Waals surface area contributed by atoms with Crippen LogP contribution < -0.4 is 0 Å². The summed E-state index contributed by atoms with van der Waals surface area (Å²) in [6, 6.07) is 0. The maximum Gasteiger partial charge on any atom is 0.306 e. The summed E-state index contributed by atoms with van der Waals surface area (Å²) in [5.41, 5.74) is 0. The van der Waals surface area contributed by atoms with Crippen molar-refractivity contribution in [3.8, 4) is 0 Å². The topological polar surface area (TPSA) is 214 Å². The van der Waals surface area contributed by atoms with Crippen molar-refractivity contribution >= 4 is 5.97 Å². The first-order valence-electron chi connectivity index (χ1n) is 30.8. The zero-order valence-corrected chi connectivity index (χ0v) is 47.1. The van der Waals surface area contributed by atoms with Gasteiger partial charge in [-0.1, -0.05) is 231 Å². The van der Waals surface area contributed by atoms with Crippen LogP contribution in [0.25, 0.3) is 0 Å². The molecule has 2 saturated heterocycles. The maximum absolute atomic E-state index is 13.1. The third-order valence-corrected chi connectivity index (χ3v) is 15.0. The van der Waals surface area contributed by atoms with E-state index in [1.165, 1.54) is 193 Å². The van der Waals surface area contributed by atoms with Crippen LogP contribution in [0.4, 0.5) is 0 Å². The van der Waals surface area contributed by atoms with E-state index in [0.717, 1.165) is 44.9 Å². The zero-order valence-electron chi connectivity index (χ0n) is 47.1. The third kappa shape index (κ3) is 33.9. The van der Waals surface area contributed by atoms with Gasteiger partial charge in [-0.3, -0.25) is 4.79 Å². The summed E-state index contributed by atoms with van der Waals surface area (Å²) in [5.74, 6) is -0.371. The number of unbranched alkanes of at least 4 members (excludes halogenated alkanes) is 35. The Morgan fingerprint density at radius 3 is 1.23 bits per heavy atom. The fourth-order valence-corrected chi connectivity index (χ4v) is 10.0. The molecule has 2 rings (SSSR count). The van der Waals surface area contributed by atoms with Crippen LogP contribution in [0.2, 0.25) is 0 Å². The molecule has 0 aromatic rings. The van der Waals surface area contributed by atoms with Crippen LogP contribution in [-0.2, 0) is 33.2 Å². The molecule has 2 fully saturated rings. The minimum Gasteiger partial charge on any atom is -0.457 e. The minimum atomic E-state index is -1.70. The molecular formula is C60H114O14. The molecule has 7 N–H and O–H groups in total. The van der Waals surface area contributed by atoms with Crippen molar-refractivity contribution < 1.29 is 69.0 Å². The molecule has 74 heavy (non-hydrogen) atoms. The molecule has 0 aromatic carbocycles. The Morgan fingerprint density at radius 1 is 0.432 bits per heavy atom. The first-order valence-corrected chi connectivity index (χ1v) is 30.8. The van der Waals surface area contributed by atoms with Crippen molar-refractivity contribution in [3.05, 3.63) is 12.2 Å². The lowest BCUT2D eigenvalue weighted by Crippen LogP contribution is -2.61. The molecule has 0 radical (unpaired) electrons. The number of aliphatic hydroxyl groups is 7. The van der Waals surface area contributed by atoms with Crippen molar-refractivity contribution in [2.24, 2.45) is 0 Å². The summed E-state index contributed by atoms with van der Waals surface area (Å²) in [5, 5.41) is 72.4. The van der Waals surface area contributed by atoms with Crippen molar-refractivity contribution in [1.82, 2.24) is 0 Å². The molecule has 0 aliphatic carbocycles. The molecule has 0 spiro atoms. The number of carbonyl (C=O) groups is 1. The van der Waals surface area contributed by atoms with Crippen LogP contribution in [-0.4, -0.2) is 142 Å². The number of hydrogen-bond acceptors (Lipinski definition) is 14. The second kappa shape index (κ2) is 47.7. The lowest BCUT2D eigenvalue weighted by Gasteiger charge is -2.42. The monoisotopic (exact) mass is 1060 g/mol. The largest absolute Gasteiger partial charge is 0.457 e. The average Bonchev–Trinajstić information content (AvgIpc) is 3.40. The van der Waals surface area contributed by atoms with E-state index < -0.39 is 80.7 Å². The molecule has 438 valence electrons. The molecule has 14 nitrogen and oxygen atoms in total. The normalized spacial score (nSPS) is 24.8. The smallest absolute Gasteiger partial charge is 0.306 e. The molecule has 14 heteroatoms. The lowest BCUT2D eigenvalue weighted by molar-refractivity contribution is -0.332. The van der Waals surface area contributed by atoms with E-state index >= 15 is 0 Å². The lowest BCUT2D eigenvalue weighted by atomic mass is 9.98. The highest BCUT2D eigenvalue weighted by Crippen LogP contribution is 2.27. The standard InChI is InChI=1S/C60H114O14/c1-3-5-7-9-11-13-15-17-19-20-21-22-23-24-25-26-27-28-29-31-33-35-37-39-41-43-52(62)72-49(46-69-44-42-40-38-36-34-32-30-18-16-14-12-10-8-6-4-2)47-70-59-58(68)56(66)54(64)51(74-59)48-71-60-57(67)55(65)53(63)50(45-61)73-60/h16,18,49-51,53-61,63-68H,3-15,17,19-48H2,1-2H3/b18-16-. The van der Waals surface area contributed by atoms with Crippen LogP contribution in [0.5, 0.6) is 0 Å². The average molecular weight is 1060 g/mol. The minimum absolute atomic E-state index is 0.0633. The summed E-state index contributed by atoms with van der Waals surface area (Å²) in [6.45, 7) is 3.73. The Morgan fingerprint density at radius 2 is 0.797 bits per heavy atom. The Bertz CT molecular complexity index is 1270.